The Hall–Kier alpha value is -1.61. The van der Waals surface area contributed by atoms with Crippen LogP contribution in [0.15, 0.2) is 53.0 Å². The van der Waals surface area contributed by atoms with Crippen LogP contribution in [0, 0.1) is 0 Å². The Morgan fingerprint density at radius 3 is 2.73 bits per heavy atom. The molecule has 76 valence electrons. The van der Waals surface area contributed by atoms with E-state index in [1.54, 1.807) is 17.6 Å². The van der Waals surface area contributed by atoms with Crippen molar-refractivity contribution in [3.05, 3.63) is 58.3 Å². The normalized spacial score (nSPS) is 10.7. The molecule has 2 nitrogen and oxygen atoms in total. The van der Waals surface area contributed by atoms with Crippen molar-refractivity contribution in [1.82, 2.24) is 0 Å². The quantitative estimate of drug-likeness (QED) is 0.569. The first-order valence-corrected chi connectivity index (χ1v) is 5.56. The molecule has 1 aromatic carbocycles. The number of hydrogen-bond acceptors (Lipinski definition) is 3. The van der Waals surface area contributed by atoms with Crippen LogP contribution >= 0.6 is 11.3 Å². The van der Waals surface area contributed by atoms with Crippen LogP contribution in [0.3, 0.4) is 0 Å². The average Bonchev–Trinajstić information content (AvgIpc) is 2.79. The molecule has 0 atom stereocenters. The molecule has 15 heavy (non-hydrogen) atoms. The summed E-state index contributed by atoms with van der Waals surface area (Å²) in [5, 5.41) is 5.91. The van der Waals surface area contributed by atoms with Gasteiger partial charge in [-0.3, -0.25) is 0 Å². The highest BCUT2D eigenvalue weighted by molar-refractivity contribution is 7.11. The van der Waals surface area contributed by atoms with Gasteiger partial charge in [-0.2, -0.15) is 0 Å². The molecule has 0 unspecified atom stereocenters. The molecule has 0 aliphatic rings. The minimum atomic E-state index is 0.517. The number of oxime groups is 1. The van der Waals surface area contributed by atoms with E-state index >= 15 is 0 Å². The lowest BCUT2D eigenvalue weighted by molar-refractivity contribution is 0.132. The van der Waals surface area contributed by atoms with Crippen LogP contribution in [0.2, 0.25) is 0 Å². The second-order valence-electron chi connectivity index (χ2n) is 3.01. The molecule has 0 saturated heterocycles. The van der Waals surface area contributed by atoms with E-state index in [0.717, 1.165) is 10.4 Å². The summed E-state index contributed by atoms with van der Waals surface area (Å²) in [6.45, 7) is 0.517. The zero-order valence-electron chi connectivity index (χ0n) is 8.17. The van der Waals surface area contributed by atoms with Crippen molar-refractivity contribution < 1.29 is 4.84 Å². The van der Waals surface area contributed by atoms with E-state index in [-0.39, 0.29) is 0 Å². The lowest BCUT2D eigenvalue weighted by Gasteiger charge is -1.97. The molecule has 0 N–H and O–H groups in total. The summed E-state index contributed by atoms with van der Waals surface area (Å²) >= 11 is 1.64. The molecule has 2 rings (SSSR count). The molecular formula is C12H11NOS. The first-order chi connectivity index (χ1) is 7.45. The second-order valence-corrected chi connectivity index (χ2v) is 3.99. The van der Waals surface area contributed by atoms with Gasteiger partial charge in [-0.15, -0.1) is 11.3 Å². The van der Waals surface area contributed by atoms with Crippen LogP contribution in [0.1, 0.15) is 10.4 Å². The zero-order chi connectivity index (χ0) is 10.3. The van der Waals surface area contributed by atoms with Crippen LogP contribution < -0.4 is 0 Å². The van der Waals surface area contributed by atoms with Crippen molar-refractivity contribution in [2.75, 3.05) is 0 Å². The summed E-state index contributed by atoms with van der Waals surface area (Å²) in [6.07, 6.45) is 1.73. The average molecular weight is 217 g/mol. The van der Waals surface area contributed by atoms with Gasteiger partial charge in [0.2, 0.25) is 0 Å². The fourth-order valence-corrected chi connectivity index (χ4v) is 1.72. The number of hydrogen-bond donors (Lipinski definition) is 0. The van der Waals surface area contributed by atoms with Gasteiger partial charge in [-0.1, -0.05) is 41.6 Å². The highest BCUT2D eigenvalue weighted by atomic mass is 32.1. The van der Waals surface area contributed by atoms with E-state index in [4.69, 9.17) is 4.84 Å². The maximum absolute atomic E-state index is 5.17. The molecule has 1 heterocycles. The topological polar surface area (TPSA) is 21.6 Å². The molecule has 2 aromatic rings. The fourth-order valence-electron chi connectivity index (χ4n) is 1.14. The third-order valence-corrected chi connectivity index (χ3v) is 2.68. The van der Waals surface area contributed by atoms with Gasteiger partial charge in [0.1, 0.15) is 6.61 Å². The van der Waals surface area contributed by atoms with Crippen LogP contribution in [0.25, 0.3) is 0 Å². The van der Waals surface area contributed by atoms with Gasteiger partial charge < -0.3 is 4.84 Å². The van der Waals surface area contributed by atoms with Gasteiger partial charge >= 0.3 is 0 Å². The number of rotatable bonds is 4. The van der Waals surface area contributed by atoms with Crippen LogP contribution in [-0.2, 0) is 11.4 Å². The van der Waals surface area contributed by atoms with E-state index in [2.05, 4.69) is 5.16 Å². The summed E-state index contributed by atoms with van der Waals surface area (Å²) in [6, 6.07) is 14.0. The van der Waals surface area contributed by atoms with E-state index < -0.39 is 0 Å². The van der Waals surface area contributed by atoms with E-state index in [9.17, 15) is 0 Å². The zero-order valence-corrected chi connectivity index (χ0v) is 8.98. The summed E-state index contributed by atoms with van der Waals surface area (Å²) in [5.74, 6) is 0. The summed E-state index contributed by atoms with van der Waals surface area (Å²) in [5.41, 5.74) is 1.13. The monoisotopic (exact) mass is 217 g/mol. The molecule has 3 heteroatoms. The Kier molecular flexibility index (Phi) is 3.52. The molecule has 0 saturated carbocycles. The standard InChI is InChI=1S/C12H11NOS/c1-2-5-11(6-3-1)10-14-13-9-12-7-4-8-15-12/h1-9H,10H2/b13-9+. The SMILES string of the molecule is C(=N\OCc1ccccc1)/c1cccs1. The number of benzene rings is 1. The maximum Gasteiger partial charge on any atom is 0.142 e. The van der Waals surface area contributed by atoms with Gasteiger partial charge in [-0.25, -0.2) is 0 Å². The lowest BCUT2D eigenvalue weighted by atomic mass is 10.2. The first-order valence-electron chi connectivity index (χ1n) is 4.68. The maximum atomic E-state index is 5.17. The number of thiophene rings is 1. The molecule has 0 amide bonds. The Morgan fingerprint density at radius 2 is 2.00 bits per heavy atom. The van der Waals surface area contributed by atoms with Crippen molar-refractivity contribution in [3.63, 3.8) is 0 Å². The molecule has 0 bridgehead atoms. The molecule has 1 aromatic heterocycles. The number of nitrogens with zero attached hydrogens (tertiary/aromatic N) is 1. The summed E-state index contributed by atoms with van der Waals surface area (Å²) in [7, 11) is 0. The van der Waals surface area contributed by atoms with Crippen molar-refractivity contribution in [3.8, 4) is 0 Å². The van der Waals surface area contributed by atoms with Gasteiger partial charge in [0.15, 0.2) is 0 Å². The van der Waals surface area contributed by atoms with Crippen LogP contribution in [0.5, 0.6) is 0 Å². The molecule has 0 radical (unpaired) electrons. The van der Waals surface area contributed by atoms with Crippen molar-refractivity contribution >= 4 is 17.6 Å². The van der Waals surface area contributed by atoms with E-state index in [1.807, 2.05) is 47.8 Å². The second kappa shape index (κ2) is 5.32. The predicted octanol–water partition coefficient (Wildman–Crippen LogP) is 3.30. The fraction of sp³-hybridized carbons (Fsp3) is 0.0833. The molecule has 0 aliphatic carbocycles. The predicted molar refractivity (Wildman–Crippen MR) is 63.1 cm³/mol. The highest BCUT2D eigenvalue weighted by Gasteiger charge is 1.90. The third kappa shape index (κ3) is 3.22. The van der Waals surface area contributed by atoms with Gasteiger partial charge in [0, 0.05) is 4.88 Å². The Bertz CT molecular complexity index is 408. The summed E-state index contributed by atoms with van der Waals surface area (Å²) in [4.78, 5) is 6.27. The van der Waals surface area contributed by atoms with E-state index in [0.29, 0.717) is 6.61 Å². The largest absolute Gasteiger partial charge is 0.391 e. The van der Waals surface area contributed by atoms with Gasteiger partial charge in [0.25, 0.3) is 0 Å². The minimum absolute atomic E-state index is 0.517. The molecule has 0 aliphatic heterocycles. The Balaban J connectivity index is 1.80. The van der Waals surface area contributed by atoms with Crippen molar-refractivity contribution in [1.29, 1.82) is 0 Å². The smallest absolute Gasteiger partial charge is 0.142 e. The summed E-state index contributed by atoms with van der Waals surface area (Å²) < 4.78 is 0. The van der Waals surface area contributed by atoms with Crippen molar-refractivity contribution in [2.24, 2.45) is 5.16 Å². The van der Waals surface area contributed by atoms with Crippen LogP contribution in [0.4, 0.5) is 0 Å². The molecular weight excluding hydrogens is 206 g/mol. The Morgan fingerprint density at radius 1 is 1.13 bits per heavy atom. The van der Waals surface area contributed by atoms with Gasteiger partial charge in [-0.05, 0) is 17.0 Å². The lowest BCUT2D eigenvalue weighted by Crippen LogP contribution is -1.86. The minimum Gasteiger partial charge on any atom is -0.391 e. The van der Waals surface area contributed by atoms with Crippen molar-refractivity contribution in [2.45, 2.75) is 6.61 Å². The Labute approximate surface area is 92.8 Å². The van der Waals surface area contributed by atoms with Crippen LogP contribution in [-0.4, -0.2) is 6.21 Å². The first kappa shape index (κ1) is 9.93. The van der Waals surface area contributed by atoms with Gasteiger partial charge in [0.05, 0.1) is 6.21 Å². The highest BCUT2D eigenvalue weighted by Crippen LogP contribution is 2.05. The van der Waals surface area contributed by atoms with E-state index in [1.165, 1.54) is 0 Å². The molecule has 0 spiro atoms. The molecule has 0 fully saturated rings. The third-order valence-electron chi connectivity index (χ3n) is 1.87.